The molecule has 0 bridgehead atoms. The van der Waals surface area contributed by atoms with E-state index in [1.165, 1.54) is 0 Å². The monoisotopic (exact) mass is 324 g/mol. The zero-order valence-corrected chi connectivity index (χ0v) is 14.3. The summed E-state index contributed by atoms with van der Waals surface area (Å²) in [7, 11) is 0. The number of ether oxygens (including phenoxy) is 2. The summed E-state index contributed by atoms with van der Waals surface area (Å²) in [6.45, 7) is 8.44. The second-order valence-electron chi connectivity index (χ2n) is 6.48. The topological polar surface area (TPSA) is 79.8 Å². The average Bonchev–Trinajstić information content (AvgIpc) is 2.44. The van der Waals surface area contributed by atoms with E-state index in [1.807, 2.05) is 58.0 Å². The van der Waals surface area contributed by atoms with Crippen molar-refractivity contribution >= 4 is 6.09 Å². The molecule has 0 aliphatic rings. The number of amides is 1. The lowest BCUT2D eigenvalue weighted by atomic mass is 10.2. The highest BCUT2D eigenvalue weighted by molar-refractivity contribution is 5.68. The van der Waals surface area contributed by atoms with Crippen molar-refractivity contribution in [2.75, 3.05) is 19.7 Å². The van der Waals surface area contributed by atoms with Crippen molar-refractivity contribution in [2.24, 2.45) is 0 Å². The van der Waals surface area contributed by atoms with Gasteiger partial charge in [-0.3, -0.25) is 0 Å². The van der Waals surface area contributed by atoms with Crippen molar-refractivity contribution in [2.45, 2.75) is 45.4 Å². The third-order valence-corrected chi connectivity index (χ3v) is 2.78. The van der Waals surface area contributed by atoms with Crippen molar-refractivity contribution in [3.8, 4) is 5.75 Å². The van der Waals surface area contributed by atoms with Crippen LogP contribution in [0.4, 0.5) is 4.79 Å². The van der Waals surface area contributed by atoms with Crippen LogP contribution in [0.5, 0.6) is 5.75 Å². The van der Waals surface area contributed by atoms with Crippen LogP contribution in [0, 0.1) is 0 Å². The van der Waals surface area contributed by atoms with Crippen LogP contribution in [0.1, 0.15) is 27.7 Å². The molecule has 23 heavy (non-hydrogen) atoms. The molecule has 0 saturated carbocycles. The van der Waals surface area contributed by atoms with Crippen LogP contribution in [0.2, 0.25) is 0 Å². The highest BCUT2D eigenvalue weighted by atomic mass is 16.6. The Kier molecular flexibility index (Phi) is 7.85. The summed E-state index contributed by atoms with van der Waals surface area (Å²) in [6.07, 6.45) is -1.07. The van der Waals surface area contributed by atoms with Crippen LogP contribution in [-0.4, -0.2) is 48.6 Å². The van der Waals surface area contributed by atoms with E-state index in [2.05, 4.69) is 10.6 Å². The van der Waals surface area contributed by atoms with Gasteiger partial charge in [0, 0.05) is 19.1 Å². The molecule has 1 aromatic rings. The lowest BCUT2D eigenvalue weighted by Gasteiger charge is -2.22. The number of aliphatic hydroxyl groups excluding tert-OH is 1. The first-order valence-corrected chi connectivity index (χ1v) is 7.82. The molecule has 1 aromatic carbocycles. The Balaban J connectivity index is 2.14. The maximum Gasteiger partial charge on any atom is 0.407 e. The third kappa shape index (κ3) is 9.76. The van der Waals surface area contributed by atoms with E-state index < -0.39 is 17.8 Å². The van der Waals surface area contributed by atoms with E-state index >= 15 is 0 Å². The standard InChI is InChI=1S/C17H28N2O4/c1-13(19-16(21)23-17(2,3)4)10-18-11-14(20)12-22-15-8-6-5-7-9-15/h5-9,13-14,18,20H,10-12H2,1-4H3,(H,19,21)/t13-,14?/m1/s1. The van der Waals surface area contributed by atoms with Crippen molar-refractivity contribution < 1.29 is 19.4 Å². The molecule has 0 aliphatic carbocycles. The van der Waals surface area contributed by atoms with E-state index in [0.717, 1.165) is 5.75 Å². The summed E-state index contributed by atoms with van der Waals surface area (Å²) < 4.78 is 10.6. The van der Waals surface area contributed by atoms with Gasteiger partial charge in [-0.1, -0.05) is 18.2 Å². The Morgan fingerprint density at radius 2 is 1.87 bits per heavy atom. The number of hydrogen-bond acceptors (Lipinski definition) is 5. The number of para-hydroxylation sites is 1. The van der Waals surface area contributed by atoms with Crippen molar-refractivity contribution in [1.29, 1.82) is 0 Å². The first-order chi connectivity index (χ1) is 10.8. The van der Waals surface area contributed by atoms with Gasteiger partial charge in [-0.2, -0.15) is 0 Å². The number of nitrogens with one attached hydrogen (secondary N) is 2. The zero-order valence-electron chi connectivity index (χ0n) is 14.3. The summed E-state index contributed by atoms with van der Waals surface area (Å²) in [4.78, 5) is 11.6. The van der Waals surface area contributed by atoms with Gasteiger partial charge in [0.2, 0.25) is 0 Å². The minimum Gasteiger partial charge on any atom is -0.491 e. The molecular weight excluding hydrogens is 296 g/mol. The number of aliphatic hydroxyl groups is 1. The van der Waals surface area contributed by atoms with Crippen LogP contribution >= 0.6 is 0 Å². The average molecular weight is 324 g/mol. The van der Waals surface area contributed by atoms with E-state index in [-0.39, 0.29) is 12.6 Å². The van der Waals surface area contributed by atoms with Crippen LogP contribution in [0.25, 0.3) is 0 Å². The predicted molar refractivity (Wildman–Crippen MR) is 89.6 cm³/mol. The molecule has 0 radical (unpaired) electrons. The number of hydrogen-bond donors (Lipinski definition) is 3. The number of rotatable bonds is 8. The Labute approximate surface area is 138 Å². The lowest BCUT2D eigenvalue weighted by Crippen LogP contribution is -2.44. The Morgan fingerprint density at radius 1 is 1.22 bits per heavy atom. The normalized spacial score (nSPS) is 14.0. The molecule has 0 aliphatic heterocycles. The van der Waals surface area contributed by atoms with Gasteiger partial charge in [-0.25, -0.2) is 4.79 Å². The Morgan fingerprint density at radius 3 is 2.48 bits per heavy atom. The van der Waals surface area contributed by atoms with Gasteiger partial charge in [-0.15, -0.1) is 0 Å². The van der Waals surface area contributed by atoms with Crippen molar-refractivity contribution in [3.05, 3.63) is 30.3 Å². The van der Waals surface area contributed by atoms with Gasteiger partial charge in [0.1, 0.15) is 24.1 Å². The minimum absolute atomic E-state index is 0.105. The first-order valence-electron chi connectivity index (χ1n) is 7.82. The summed E-state index contributed by atoms with van der Waals surface area (Å²) >= 11 is 0. The van der Waals surface area contributed by atoms with E-state index in [1.54, 1.807) is 0 Å². The van der Waals surface area contributed by atoms with Crippen LogP contribution in [-0.2, 0) is 4.74 Å². The van der Waals surface area contributed by atoms with Gasteiger partial charge < -0.3 is 25.2 Å². The molecule has 1 rings (SSSR count). The fourth-order valence-electron chi connectivity index (χ4n) is 1.79. The summed E-state index contributed by atoms with van der Waals surface area (Å²) in [5.74, 6) is 0.728. The predicted octanol–water partition coefficient (Wildman–Crippen LogP) is 1.93. The second-order valence-corrected chi connectivity index (χ2v) is 6.48. The fraction of sp³-hybridized carbons (Fsp3) is 0.588. The van der Waals surface area contributed by atoms with Crippen molar-refractivity contribution in [1.82, 2.24) is 10.6 Å². The molecule has 0 fully saturated rings. The molecule has 0 saturated heterocycles. The highest BCUT2D eigenvalue weighted by Crippen LogP contribution is 2.08. The molecule has 6 nitrogen and oxygen atoms in total. The smallest absolute Gasteiger partial charge is 0.407 e. The Hall–Kier alpha value is -1.79. The molecule has 6 heteroatoms. The molecule has 0 heterocycles. The SMILES string of the molecule is C[C@H](CNCC(O)COc1ccccc1)NC(=O)OC(C)(C)C. The van der Waals surface area contributed by atoms with Gasteiger partial charge in [0.05, 0.1) is 0 Å². The van der Waals surface area contributed by atoms with Crippen LogP contribution < -0.4 is 15.4 Å². The van der Waals surface area contributed by atoms with Gasteiger partial charge in [0.15, 0.2) is 0 Å². The zero-order chi connectivity index (χ0) is 17.3. The molecule has 130 valence electrons. The molecular formula is C17H28N2O4. The Bertz CT molecular complexity index is 459. The molecule has 1 amide bonds. The quantitative estimate of drug-likeness (QED) is 0.681. The van der Waals surface area contributed by atoms with E-state index in [0.29, 0.717) is 13.1 Å². The van der Waals surface area contributed by atoms with E-state index in [9.17, 15) is 9.90 Å². The third-order valence-electron chi connectivity index (χ3n) is 2.78. The number of carbonyl (C=O) groups is 1. The maximum atomic E-state index is 11.6. The number of alkyl carbamates (subject to hydrolysis) is 1. The molecule has 0 aromatic heterocycles. The summed E-state index contributed by atoms with van der Waals surface area (Å²) in [5, 5.41) is 15.7. The number of carbonyl (C=O) groups excluding carboxylic acids is 1. The van der Waals surface area contributed by atoms with Crippen molar-refractivity contribution in [3.63, 3.8) is 0 Å². The molecule has 3 N–H and O–H groups in total. The van der Waals surface area contributed by atoms with Gasteiger partial charge >= 0.3 is 6.09 Å². The summed E-state index contributed by atoms with van der Waals surface area (Å²) in [6, 6.07) is 9.24. The number of benzene rings is 1. The molecule has 1 unspecified atom stereocenters. The largest absolute Gasteiger partial charge is 0.491 e. The van der Waals surface area contributed by atoms with E-state index in [4.69, 9.17) is 9.47 Å². The molecule has 0 spiro atoms. The molecule has 2 atom stereocenters. The van der Waals surface area contributed by atoms with Crippen LogP contribution in [0.3, 0.4) is 0 Å². The van der Waals surface area contributed by atoms with Crippen LogP contribution in [0.15, 0.2) is 30.3 Å². The van der Waals surface area contributed by atoms with Gasteiger partial charge in [-0.05, 0) is 39.8 Å². The summed E-state index contributed by atoms with van der Waals surface area (Å²) in [5.41, 5.74) is -0.512. The first kappa shape index (κ1) is 19.3. The lowest BCUT2D eigenvalue weighted by molar-refractivity contribution is 0.0506. The maximum absolute atomic E-state index is 11.6. The fourth-order valence-corrected chi connectivity index (χ4v) is 1.79. The minimum atomic E-state index is -0.621. The van der Waals surface area contributed by atoms with Gasteiger partial charge in [0.25, 0.3) is 0 Å². The second kappa shape index (κ2) is 9.37. The highest BCUT2D eigenvalue weighted by Gasteiger charge is 2.17.